The smallest absolute Gasteiger partial charge is 0.245 e. The maximum Gasteiger partial charge on any atom is 0.245 e. The Labute approximate surface area is 170 Å². The highest BCUT2D eigenvalue weighted by Crippen LogP contribution is 2.49. The van der Waals surface area contributed by atoms with Crippen LogP contribution in [0, 0.1) is 5.82 Å². The molecule has 0 unspecified atom stereocenters. The fourth-order valence-corrected chi connectivity index (χ4v) is 3.71. The molecule has 152 valence electrons. The van der Waals surface area contributed by atoms with E-state index in [0.29, 0.717) is 50.4 Å². The molecular formula is C20H26FN3O3S. The predicted molar refractivity (Wildman–Crippen MR) is 109 cm³/mol. The lowest BCUT2D eigenvalue weighted by atomic mass is 10.1. The molecule has 28 heavy (non-hydrogen) atoms. The number of carbonyl (C=O) groups is 3. The van der Waals surface area contributed by atoms with Crippen LogP contribution in [0.1, 0.15) is 32.1 Å². The first-order chi connectivity index (χ1) is 13.5. The Bertz CT molecular complexity index is 750. The van der Waals surface area contributed by atoms with E-state index in [9.17, 15) is 18.8 Å². The molecule has 2 aliphatic heterocycles. The van der Waals surface area contributed by atoms with Gasteiger partial charge < -0.3 is 4.90 Å². The predicted octanol–water partition coefficient (Wildman–Crippen LogP) is 2.40. The topological polar surface area (TPSA) is 60.7 Å². The highest BCUT2D eigenvalue weighted by atomic mass is 32.1. The fourth-order valence-electron chi connectivity index (χ4n) is 3.55. The zero-order chi connectivity index (χ0) is 20.1. The first-order valence-electron chi connectivity index (χ1n) is 9.75. The normalized spacial score (nSPS) is 16.1. The van der Waals surface area contributed by atoms with Crippen LogP contribution >= 0.6 is 12.6 Å². The molecule has 3 rings (SSSR count). The summed E-state index contributed by atoms with van der Waals surface area (Å²) in [5.74, 6) is 0.0670. The van der Waals surface area contributed by atoms with E-state index in [4.69, 9.17) is 0 Å². The molecular weight excluding hydrogens is 381 g/mol. The Morgan fingerprint density at radius 1 is 0.964 bits per heavy atom. The number of hydrogen-bond acceptors (Lipinski definition) is 5. The van der Waals surface area contributed by atoms with E-state index < -0.39 is 0 Å². The number of para-hydroxylation sites is 1. The summed E-state index contributed by atoms with van der Waals surface area (Å²) in [6.45, 7) is 2.72. The van der Waals surface area contributed by atoms with Crippen molar-refractivity contribution in [2.75, 3.05) is 43.4 Å². The number of hydrogen-bond donors (Lipinski definition) is 1. The number of anilines is 2. The minimum Gasteiger partial charge on any atom is -0.340 e. The third-order valence-electron chi connectivity index (χ3n) is 5.24. The third-order valence-corrected chi connectivity index (χ3v) is 5.59. The van der Waals surface area contributed by atoms with Gasteiger partial charge in [0.2, 0.25) is 11.8 Å². The number of benzene rings is 1. The number of fused-ring (bicyclic) bond motifs is 1. The van der Waals surface area contributed by atoms with Crippen LogP contribution in [0.4, 0.5) is 15.8 Å². The quantitative estimate of drug-likeness (QED) is 0.388. The van der Waals surface area contributed by atoms with Gasteiger partial charge >= 0.3 is 0 Å². The lowest BCUT2D eigenvalue weighted by molar-refractivity contribution is -0.133. The van der Waals surface area contributed by atoms with Crippen LogP contribution in [0.3, 0.4) is 0 Å². The molecule has 2 aliphatic rings. The number of nitrogens with zero attached hydrogens (tertiary/aromatic N) is 3. The van der Waals surface area contributed by atoms with Crippen molar-refractivity contribution in [1.29, 1.82) is 0 Å². The molecule has 0 N–H and O–H groups in total. The molecule has 0 bridgehead atoms. The Morgan fingerprint density at radius 2 is 1.68 bits per heavy atom. The van der Waals surface area contributed by atoms with E-state index in [1.54, 1.807) is 12.1 Å². The Balaban J connectivity index is 1.32. The highest BCUT2D eigenvalue weighted by molar-refractivity contribution is 7.81. The summed E-state index contributed by atoms with van der Waals surface area (Å²) in [7, 11) is 0. The first-order valence-corrected chi connectivity index (χ1v) is 10.4. The van der Waals surface area contributed by atoms with Gasteiger partial charge in [0, 0.05) is 44.8 Å². The van der Waals surface area contributed by atoms with Gasteiger partial charge in [-0.3, -0.25) is 24.2 Å². The Hall–Kier alpha value is -1.93. The summed E-state index contributed by atoms with van der Waals surface area (Å²) in [5, 5.41) is 0. The molecule has 0 aromatic heterocycles. The second kappa shape index (κ2) is 9.52. The summed E-state index contributed by atoms with van der Waals surface area (Å²) >= 11 is 3.95. The van der Waals surface area contributed by atoms with Crippen molar-refractivity contribution in [3.8, 4) is 0 Å². The molecule has 1 aromatic carbocycles. The maximum absolute atomic E-state index is 13.6. The van der Waals surface area contributed by atoms with Crippen molar-refractivity contribution in [2.24, 2.45) is 0 Å². The number of thiol groups is 1. The second-order valence-corrected chi connectivity index (χ2v) is 7.57. The number of ketones is 1. The molecule has 0 saturated carbocycles. The van der Waals surface area contributed by atoms with E-state index in [1.165, 1.54) is 11.0 Å². The number of piperazine rings is 1. The molecule has 2 heterocycles. The maximum atomic E-state index is 13.6. The van der Waals surface area contributed by atoms with Gasteiger partial charge in [0.05, 0.1) is 12.2 Å². The van der Waals surface area contributed by atoms with Crippen LogP contribution in [0.25, 0.3) is 0 Å². The molecule has 0 aliphatic carbocycles. The van der Waals surface area contributed by atoms with Crippen LogP contribution in [-0.2, 0) is 14.4 Å². The number of Topliss-reactive ketones (excluding diaryl/α,β-unsaturated/α-hetero) is 1. The van der Waals surface area contributed by atoms with Gasteiger partial charge in [0.1, 0.15) is 17.3 Å². The van der Waals surface area contributed by atoms with E-state index in [0.717, 1.165) is 19.3 Å². The lowest BCUT2D eigenvalue weighted by Crippen LogP contribution is -2.50. The summed E-state index contributed by atoms with van der Waals surface area (Å²) in [6, 6.07) is 4.69. The van der Waals surface area contributed by atoms with Crippen molar-refractivity contribution in [3.63, 3.8) is 0 Å². The number of amides is 2. The van der Waals surface area contributed by atoms with Gasteiger partial charge in [-0.15, -0.1) is 0 Å². The van der Waals surface area contributed by atoms with Crippen LogP contribution < -0.4 is 4.90 Å². The van der Waals surface area contributed by atoms with Crippen LogP contribution in [0.15, 0.2) is 18.2 Å². The monoisotopic (exact) mass is 407 g/mol. The van der Waals surface area contributed by atoms with E-state index in [-0.39, 0.29) is 35.7 Å². The summed E-state index contributed by atoms with van der Waals surface area (Å²) in [4.78, 5) is 41.1. The zero-order valence-electron chi connectivity index (χ0n) is 15.9. The molecule has 0 spiro atoms. The summed E-state index contributed by atoms with van der Waals surface area (Å²) < 4.78 is 13.6. The molecule has 2 amide bonds. The molecule has 8 heteroatoms. The molecule has 1 saturated heterocycles. The van der Waals surface area contributed by atoms with E-state index in [1.807, 2.05) is 9.80 Å². The Kier molecular flexibility index (Phi) is 7.07. The number of carbonyl (C=O) groups excluding carboxylic acids is 3. The van der Waals surface area contributed by atoms with Crippen molar-refractivity contribution in [1.82, 2.24) is 9.80 Å². The van der Waals surface area contributed by atoms with Crippen LogP contribution in [0.5, 0.6) is 0 Å². The fraction of sp³-hybridized carbons (Fsp3) is 0.550. The number of unbranched alkanes of at least 4 members (excludes halogenated alkanes) is 2. The van der Waals surface area contributed by atoms with Gasteiger partial charge in [0.15, 0.2) is 0 Å². The molecule has 0 radical (unpaired) electrons. The average molecular weight is 408 g/mol. The minimum atomic E-state index is -0.365. The molecule has 1 fully saturated rings. The lowest BCUT2D eigenvalue weighted by Gasteiger charge is -2.34. The number of halogens is 1. The van der Waals surface area contributed by atoms with Gasteiger partial charge in [-0.05, 0) is 25.0 Å². The first kappa shape index (κ1) is 20.8. The van der Waals surface area contributed by atoms with Crippen molar-refractivity contribution in [2.45, 2.75) is 32.1 Å². The van der Waals surface area contributed by atoms with Crippen molar-refractivity contribution in [3.05, 3.63) is 24.0 Å². The van der Waals surface area contributed by atoms with Gasteiger partial charge in [-0.1, -0.05) is 12.5 Å². The van der Waals surface area contributed by atoms with Gasteiger partial charge in [0.25, 0.3) is 0 Å². The van der Waals surface area contributed by atoms with Gasteiger partial charge in [-0.2, -0.15) is 12.6 Å². The van der Waals surface area contributed by atoms with Crippen molar-refractivity contribution >= 4 is 41.6 Å². The summed E-state index contributed by atoms with van der Waals surface area (Å²) in [5.41, 5.74) is 1.03. The van der Waals surface area contributed by atoms with E-state index >= 15 is 0 Å². The SMILES string of the molecule is O=C(CS)CCCCCC(=O)N1CCN(CC(=O)N2c3cccc(F)c32)CC1. The Morgan fingerprint density at radius 3 is 2.36 bits per heavy atom. The largest absolute Gasteiger partial charge is 0.340 e. The third kappa shape index (κ3) is 5.11. The zero-order valence-corrected chi connectivity index (χ0v) is 16.8. The van der Waals surface area contributed by atoms with Crippen LogP contribution in [0.2, 0.25) is 0 Å². The van der Waals surface area contributed by atoms with Crippen LogP contribution in [-0.4, -0.2) is 65.9 Å². The number of rotatable bonds is 9. The average Bonchev–Trinajstić information content (AvgIpc) is 3.44. The van der Waals surface area contributed by atoms with Crippen molar-refractivity contribution < 1.29 is 18.8 Å². The second-order valence-electron chi connectivity index (χ2n) is 7.25. The summed E-state index contributed by atoms with van der Waals surface area (Å²) in [6.07, 6.45) is 3.50. The standard InChI is InChI=1S/C20H26FN3O3S/c21-16-6-4-7-17-20(16)24(17)19(27)13-22-9-11-23(12-10-22)18(26)8-3-1-2-5-15(25)14-28/h4,6-7,28H,1-3,5,8-14H2. The van der Waals surface area contributed by atoms with Gasteiger partial charge in [-0.25, -0.2) is 4.39 Å². The van der Waals surface area contributed by atoms with E-state index in [2.05, 4.69) is 12.6 Å². The minimum absolute atomic E-state index is 0.129. The molecule has 6 nitrogen and oxygen atoms in total. The highest BCUT2D eigenvalue weighted by Gasteiger charge is 2.38. The molecule has 0 atom stereocenters. The molecule has 1 aromatic rings.